The Hall–Kier alpha value is -3.41. The van der Waals surface area contributed by atoms with E-state index in [9.17, 15) is 13.2 Å². The molecule has 10 nitrogen and oxygen atoms in total. The number of aromatic nitrogens is 2. The average Bonchev–Trinajstić information content (AvgIpc) is 2.84. The third-order valence-corrected chi connectivity index (χ3v) is 6.55. The molecule has 0 aliphatic carbocycles. The molecule has 0 saturated carbocycles. The Kier molecular flexibility index (Phi) is 8.49. The molecule has 0 bridgehead atoms. The summed E-state index contributed by atoms with van der Waals surface area (Å²) in [5.74, 6) is 0.700. The molecule has 1 aromatic heterocycles. The van der Waals surface area contributed by atoms with Gasteiger partial charge in [-0.05, 0) is 36.2 Å². The quantitative estimate of drug-likeness (QED) is 0.317. The number of methoxy groups -OCH3 is 1. The fraction of sp³-hybridized carbons (Fsp3) is 0.261. The number of ether oxygens (including phenoxy) is 1. The molecule has 35 heavy (non-hydrogen) atoms. The summed E-state index contributed by atoms with van der Waals surface area (Å²) in [5.41, 5.74) is 1.17. The van der Waals surface area contributed by atoms with Crippen molar-refractivity contribution >= 4 is 50.7 Å². The van der Waals surface area contributed by atoms with E-state index >= 15 is 0 Å². The molecule has 0 radical (unpaired) electrons. The van der Waals surface area contributed by atoms with Crippen LogP contribution in [-0.2, 0) is 10.0 Å². The lowest BCUT2D eigenvalue weighted by Gasteiger charge is -2.15. The van der Waals surface area contributed by atoms with Crippen LogP contribution in [0.1, 0.15) is 24.2 Å². The van der Waals surface area contributed by atoms with Gasteiger partial charge in [-0.1, -0.05) is 37.6 Å². The Morgan fingerprint density at radius 2 is 1.86 bits per heavy atom. The summed E-state index contributed by atoms with van der Waals surface area (Å²) in [7, 11) is -0.733. The third kappa shape index (κ3) is 6.59. The van der Waals surface area contributed by atoms with Gasteiger partial charge in [0.05, 0.1) is 24.7 Å². The molecule has 12 heteroatoms. The monoisotopic (exact) mass is 518 g/mol. The minimum Gasteiger partial charge on any atom is -0.495 e. The summed E-state index contributed by atoms with van der Waals surface area (Å²) in [6.45, 7) is 4.14. The first kappa shape index (κ1) is 26.2. The van der Waals surface area contributed by atoms with Gasteiger partial charge in [0.1, 0.15) is 15.7 Å². The zero-order valence-electron chi connectivity index (χ0n) is 19.7. The van der Waals surface area contributed by atoms with Crippen LogP contribution in [0.5, 0.6) is 5.75 Å². The number of rotatable bonds is 10. The normalized spacial score (nSPS) is 11.3. The Bertz CT molecular complexity index is 1320. The summed E-state index contributed by atoms with van der Waals surface area (Å²) in [6.07, 6.45) is 1.38. The minimum atomic E-state index is -3.77. The van der Waals surface area contributed by atoms with Crippen LogP contribution in [0.15, 0.2) is 53.6 Å². The molecule has 0 saturated heterocycles. The highest BCUT2D eigenvalue weighted by Crippen LogP contribution is 2.31. The van der Waals surface area contributed by atoms with Crippen molar-refractivity contribution in [3.8, 4) is 5.75 Å². The molecule has 0 spiro atoms. The van der Waals surface area contributed by atoms with E-state index in [2.05, 4.69) is 30.6 Å². The topological polar surface area (TPSA) is 134 Å². The second-order valence-electron chi connectivity index (χ2n) is 7.88. The number of nitrogens with zero attached hydrogens (tertiary/aromatic N) is 2. The van der Waals surface area contributed by atoms with E-state index in [1.165, 1.54) is 26.4 Å². The number of hydrogen-bond acceptors (Lipinski definition) is 8. The molecule has 1 amide bonds. The predicted molar refractivity (Wildman–Crippen MR) is 136 cm³/mol. The highest BCUT2D eigenvalue weighted by molar-refractivity contribution is 7.89. The molecule has 3 rings (SSSR count). The number of benzene rings is 2. The molecule has 0 atom stereocenters. The van der Waals surface area contributed by atoms with Crippen LogP contribution in [0.2, 0.25) is 5.02 Å². The molecule has 0 aliphatic rings. The number of hydrogen-bond donors (Lipinski definition) is 4. The Labute approximate surface area is 209 Å². The van der Waals surface area contributed by atoms with E-state index in [1.54, 1.807) is 36.4 Å². The average molecular weight is 519 g/mol. The van der Waals surface area contributed by atoms with Gasteiger partial charge in [0.25, 0.3) is 5.91 Å². The molecule has 2 aromatic carbocycles. The van der Waals surface area contributed by atoms with Crippen LogP contribution in [0, 0.1) is 5.92 Å². The Balaban J connectivity index is 1.92. The van der Waals surface area contributed by atoms with Crippen LogP contribution in [0.25, 0.3) is 0 Å². The van der Waals surface area contributed by atoms with E-state index in [-0.39, 0.29) is 33.5 Å². The number of halogens is 1. The van der Waals surface area contributed by atoms with Crippen molar-refractivity contribution in [2.24, 2.45) is 5.92 Å². The maximum absolute atomic E-state index is 12.8. The number of para-hydroxylation sites is 1. The van der Waals surface area contributed by atoms with E-state index in [0.717, 1.165) is 0 Å². The van der Waals surface area contributed by atoms with E-state index in [4.69, 9.17) is 16.3 Å². The van der Waals surface area contributed by atoms with Crippen molar-refractivity contribution in [3.63, 3.8) is 0 Å². The molecule has 4 N–H and O–H groups in total. The number of sulfonamides is 1. The van der Waals surface area contributed by atoms with E-state index < -0.39 is 10.0 Å². The number of amides is 1. The van der Waals surface area contributed by atoms with E-state index in [0.29, 0.717) is 29.2 Å². The van der Waals surface area contributed by atoms with Crippen molar-refractivity contribution in [2.75, 3.05) is 31.3 Å². The van der Waals surface area contributed by atoms with Crippen LogP contribution in [0.4, 0.5) is 23.1 Å². The molecule has 186 valence electrons. The number of carbonyl (C=O) groups excluding carboxylic acids is 1. The van der Waals surface area contributed by atoms with E-state index in [1.807, 2.05) is 13.8 Å². The molecule has 1 heterocycles. The van der Waals surface area contributed by atoms with Gasteiger partial charge in [0, 0.05) is 19.2 Å². The van der Waals surface area contributed by atoms with Crippen molar-refractivity contribution in [2.45, 2.75) is 18.7 Å². The lowest BCUT2D eigenvalue weighted by atomic mass is 10.1. The summed E-state index contributed by atoms with van der Waals surface area (Å²) >= 11 is 6.30. The summed E-state index contributed by atoms with van der Waals surface area (Å²) in [6, 6.07) is 11.3. The molecular weight excluding hydrogens is 492 g/mol. The zero-order chi connectivity index (χ0) is 25.6. The minimum absolute atomic E-state index is 0.0600. The number of carbonyl (C=O) groups is 1. The van der Waals surface area contributed by atoms with Crippen LogP contribution in [-0.4, -0.2) is 45.0 Å². The van der Waals surface area contributed by atoms with Crippen LogP contribution >= 0.6 is 11.6 Å². The highest BCUT2D eigenvalue weighted by Gasteiger charge is 2.20. The van der Waals surface area contributed by atoms with Crippen molar-refractivity contribution in [1.29, 1.82) is 0 Å². The van der Waals surface area contributed by atoms with Crippen molar-refractivity contribution < 1.29 is 17.9 Å². The van der Waals surface area contributed by atoms with Gasteiger partial charge in [-0.25, -0.2) is 18.1 Å². The van der Waals surface area contributed by atoms with Crippen molar-refractivity contribution in [3.05, 3.63) is 59.2 Å². The van der Waals surface area contributed by atoms with Crippen molar-refractivity contribution in [1.82, 2.24) is 20.0 Å². The first-order valence-corrected chi connectivity index (χ1v) is 12.6. The fourth-order valence-electron chi connectivity index (χ4n) is 3.01. The Morgan fingerprint density at radius 3 is 2.54 bits per heavy atom. The molecular formula is C23H27ClN6O4S. The maximum atomic E-state index is 12.8. The largest absolute Gasteiger partial charge is 0.495 e. The second kappa shape index (κ2) is 11.3. The number of nitrogens with one attached hydrogen (secondary N) is 4. The molecule has 0 fully saturated rings. The smallest absolute Gasteiger partial charge is 0.251 e. The first-order valence-electron chi connectivity index (χ1n) is 10.7. The number of anilines is 4. The van der Waals surface area contributed by atoms with Gasteiger partial charge in [-0.15, -0.1) is 0 Å². The van der Waals surface area contributed by atoms with Gasteiger partial charge in [-0.2, -0.15) is 4.98 Å². The lowest BCUT2D eigenvalue weighted by Crippen LogP contribution is -2.28. The first-order chi connectivity index (χ1) is 16.6. The Morgan fingerprint density at radius 1 is 1.11 bits per heavy atom. The SMILES string of the molecule is CNC(=O)c1ccc(OC)c(Nc2ncc(Cl)c(Nc3ccccc3S(=O)(=O)NCC(C)C)n2)c1. The second-order valence-corrected chi connectivity index (χ2v) is 10.0. The fourth-order valence-corrected chi connectivity index (χ4v) is 4.53. The molecule has 0 aliphatic heterocycles. The summed E-state index contributed by atoms with van der Waals surface area (Å²) < 4.78 is 33.7. The highest BCUT2D eigenvalue weighted by atomic mass is 35.5. The summed E-state index contributed by atoms with van der Waals surface area (Å²) in [4.78, 5) is 20.7. The standard InChI is InChI=1S/C23H27ClN6O4S/c1-14(2)12-27-35(32,33)20-8-6-5-7-17(20)28-21-16(24)13-26-23(30-21)29-18-11-15(22(31)25-3)9-10-19(18)34-4/h5-11,13-14,27H,12H2,1-4H3,(H,25,31)(H2,26,28,29,30). The van der Waals surface area contributed by atoms with Crippen LogP contribution in [0.3, 0.4) is 0 Å². The molecule has 3 aromatic rings. The third-order valence-electron chi connectivity index (χ3n) is 4.79. The van der Waals surface area contributed by atoms with Gasteiger partial charge < -0.3 is 20.7 Å². The predicted octanol–water partition coefficient (Wildman–Crippen LogP) is 3.92. The summed E-state index contributed by atoms with van der Waals surface area (Å²) in [5, 5.41) is 8.76. The van der Waals surface area contributed by atoms with Crippen LogP contribution < -0.4 is 25.4 Å². The zero-order valence-corrected chi connectivity index (χ0v) is 21.3. The lowest BCUT2D eigenvalue weighted by molar-refractivity contribution is 0.0963. The van der Waals surface area contributed by atoms with Gasteiger partial charge in [0.2, 0.25) is 16.0 Å². The maximum Gasteiger partial charge on any atom is 0.251 e. The van der Waals surface area contributed by atoms with Gasteiger partial charge in [0.15, 0.2) is 5.82 Å². The van der Waals surface area contributed by atoms with Gasteiger partial charge in [-0.3, -0.25) is 4.79 Å². The molecule has 0 unspecified atom stereocenters. The van der Waals surface area contributed by atoms with Gasteiger partial charge >= 0.3 is 0 Å².